The molecule has 0 radical (unpaired) electrons. The van der Waals surface area contributed by atoms with Gasteiger partial charge in [0, 0.05) is 24.6 Å². The molecule has 2 rings (SSSR count). The van der Waals surface area contributed by atoms with E-state index >= 15 is 0 Å². The normalized spacial score (nSPS) is 12.9. The lowest BCUT2D eigenvalue weighted by molar-refractivity contribution is -0.144. The van der Waals surface area contributed by atoms with E-state index < -0.39 is 35.7 Å². The molecule has 0 aliphatic heterocycles. The Bertz CT molecular complexity index is 1100. The summed E-state index contributed by atoms with van der Waals surface area (Å²) in [6.07, 6.45) is 2.26. The molecule has 0 fully saturated rings. The molecular weight excluding hydrogens is 494 g/mol. The third-order valence-corrected chi connectivity index (χ3v) is 6.25. The molecule has 3 amide bonds. The highest BCUT2D eigenvalue weighted by molar-refractivity contribution is 5.93. The zero-order chi connectivity index (χ0) is 29.2. The number of amides is 3. The van der Waals surface area contributed by atoms with E-state index in [1.54, 1.807) is 45.9 Å². The van der Waals surface area contributed by atoms with Gasteiger partial charge in [0.05, 0.1) is 0 Å². The number of aryl methyl sites for hydroxylation is 1. The lowest BCUT2D eigenvalue weighted by Crippen LogP contribution is -2.55. The summed E-state index contributed by atoms with van der Waals surface area (Å²) in [4.78, 5) is 42.2. The lowest BCUT2D eigenvalue weighted by Gasteiger charge is -2.37. The molecule has 0 aliphatic rings. The van der Waals surface area contributed by atoms with Crippen molar-refractivity contribution in [3.05, 3.63) is 65.2 Å². The fourth-order valence-corrected chi connectivity index (χ4v) is 4.36. The number of carbonyl (C=O) groups is 3. The number of unbranched alkanes of at least 4 members (excludes halogenated alkanes) is 2. The second-order valence-electron chi connectivity index (χ2n) is 11.1. The third-order valence-electron chi connectivity index (χ3n) is 6.25. The topological polar surface area (TPSA) is 108 Å². The summed E-state index contributed by atoms with van der Waals surface area (Å²) >= 11 is 0. The summed E-state index contributed by atoms with van der Waals surface area (Å²) in [6, 6.07) is 12.0. The minimum atomic E-state index is -1.10. The van der Waals surface area contributed by atoms with Crippen molar-refractivity contribution in [1.82, 2.24) is 15.5 Å². The number of para-hydroxylation sites is 1. The monoisotopic (exact) mass is 539 g/mol. The van der Waals surface area contributed by atoms with Gasteiger partial charge in [0.2, 0.25) is 11.8 Å². The molecule has 0 spiro atoms. The molecule has 214 valence electrons. The highest BCUT2D eigenvalue weighted by Gasteiger charge is 2.39. The highest BCUT2D eigenvalue weighted by atomic mass is 16.6. The van der Waals surface area contributed by atoms with Gasteiger partial charge >= 0.3 is 6.09 Å². The highest BCUT2D eigenvalue weighted by Crippen LogP contribution is 2.33. The van der Waals surface area contributed by atoms with Crippen molar-refractivity contribution in [3.63, 3.8) is 0 Å². The van der Waals surface area contributed by atoms with Gasteiger partial charge in [0.1, 0.15) is 23.4 Å². The second kappa shape index (κ2) is 14.6. The lowest BCUT2D eigenvalue weighted by atomic mass is 9.96. The Morgan fingerprint density at radius 1 is 1.00 bits per heavy atom. The van der Waals surface area contributed by atoms with Gasteiger partial charge in [-0.25, -0.2) is 4.79 Å². The number of alkyl carbamates (subject to hydrolysis) is 1. The van der Waals surface area contributed by atoms with E-state index in [0.29, 0.717) is 17.7 Å². The zero-order valence-corrected chi connectivity index (χ0v) is 24.4. The van der Waals surface area contributed by atoms with Gasteiger partial charge in [-0.1, -0.05) is 68.3 Å². The Labute approximate surface area is 233 Å². The first-order valence-corrected chi connectivity index (χ1v) is 13.8. The Hall–Kier alpha value is -3.55. The first-order valence-electron chi connectivity index (χ1n) is 13.8. The van der Waals surface area contributed by atoms with E-state index in [4.69, 9.17) is 4.74 Å². The van der Waals surface area contributed by atoms with Crippen molar-refractivity contribution in [2.45, 2.75) is 97.9 Å². The summed E-state index contributed by atoms with van der Waals surface area (Å²) < 4.78 is 5.46. The third kappa shape index (κ3) is 9.61. The standard InChI is InChI=1S/C31H45N3O5/c1-8-9-13-19-32-28(36)26(24-18-14-15-22(4)27(24)35)34(21(2)3)29(37)25(20-23-16-11-10-12-17-23)33-30(38)39-31(5,6)7/h10-12,14-18,21,25-26,35H,8-9,13,19-20H2,1-7H3,(H,32,36)(H,33,38). The number of phenols is 1. The van der Waals surface area contributed by atoms with Gasteiger partial charge in [-0.3, -0.25) is 9.59 Å². The van der Waals surface area contributed by atoms with Crippen molar-refractivity contribution in [3.8, 4) is 5.75 Å². The molecule has 0 bridgehead atoms. The molecular formula is C31H45N3O5. The average Bonchev–Trinajstić information content (AvgIpc) is 2.85. The predicted octanol–water partition coefficient (Wildman–Crippen LogP) is 5.42. The maximum atomic E-state index is 14.3. The number of ether oxygens (including phenoxy) is 1. The molecule has 0 saturated carbocycles. The molecule has 0 aromatic heterocycles. The summed E-state index contributed by atoms with van der Waals surface area (Å²) in [5, 5.41) is 16.7. The Kier molecular flexibility index (Phi) is 11.8. The van der Waals surface area contributed by atoms with E-state index in [1.807, 2.05) is 44.2 Å². The van der Waals surface area contributed by atoms with Crippen molar-refractivity contribution in [2.75, 3.05) is 6.54 Å². The van der Waals surface area contributed by atoms with Gasteiger partial charge in [0.25, 0.3) is 0 Å². The van der Waals surface area contributed by atoms with Crippen LogP contribution < -0.4 is 10.6 Å². The molecule has 0 saturated heterocycles. The van der Waals surface area contributed by atoms with Crippen molar-refractivity contribution in [1.29, 1.82) is 0 Å². The molecule has 2 atom stereocenters. The quantitative estimate of drug-likeness (QED) is 0.312. The van der Waals surface area contributed by atoms with Gasteiger partial charge in [-0.15, -0.1) is 0 Å². The Morgan fingerprint density at radius 3 is 2.26 bits per heavy atom. The van der Waals surface area contributed by atoms with E-state index in [0.717, 1.165) is 24.8 Å². The molecule has 8 heteroatoms. The number of carbonyl (C=O) groups excluding carboxylic acids is 3. The summed E-state index contributed by atoms with van der Waals surface area (Å²) in [6.45, 7) is 13.2. The van der Waals surface area contributed by atoms with Crippen LogP contribution in [0.15, 0.2) is 48.5 Å². The van der Waals surface area contributed by atoms with Gasteiger partial charge in [0.15, 0.2) is 0 Å². The van der Waals surface area contributed by atoms with Crippen LogP contribution in [0.2, 0.25) is 0 Å². The van der Waals surface area contributed by atoms with Crippen LogP contribution in [0.4, 0.5) is 4.79 Å². The number of nitrogens with zero attached hydrogens (tertiary/aromatic N) is 1. The van der Waals surface area contributed by atoms with Crippen LogP contribution >= 0.6 is 0 Å². The molecule has 8 nitrogen and oxygen atoms in total. The maximum absolute atomic E-state index is 14.3. The van der Waals surface area contributed by atoms with Crippen LogP contribution in [0, 0.1) is 6.92 Å². The van der Waals surface area contributed by atoms with Gasteiger partial charge in [-0.05, 0) is 59.1 Å². The van der Waals surface area contributed by atoms with Gasteiger partial charge < -0.3 is 25.4 Å². The second-order valence-corrected chi connectivity index (χ2v) is 11.1. The Morgan fingerprint density at radius 2 is 1.67 bits per heavy atom. The van der Waals surface area contributed by atoms with Crippen molar-refractivity contribution >= 4 is 17.9 Å². The van der Waals surface area contributed by atoms with Crippen LogP contribution in [-0.4, -0.2) is 52.1 Å². The number of benzene rings is 2. The number of phenolic OH excluding ortho intramolecular Hbond substituents is 1. The van der Waals surface area contributed by atoms with Crippen molar-refractivity contribution in [2.24, 2.45) is 0 Å². The predicted molar refractivity (Wildman–Crippen MR) is 153 cm³/mol. The molecule has 3 N–H and O–H groups in total. The maximum Gasteiger partial charge on any atom is 0.408 e. The number of rotatable bonds is 12. The number of aromatic hydroxyl groups is 1. The number of nitrogens with one attached hydrogen (secondary N) is 2. The molecule has 2 aromatic rings. The first kappa shape index (κ1) is 31.7. The molecule has 2 aromatic carbocycles. The number of hydrogen-bond acceptors (Lipinski definition) is 5. The largest absolute Gasteiger partial charge is 0.507 e. The summed E-state index contributed by atoms with van der Waals surface area (Å²) in [5.41, 5.74) is 1.02. The van der Waals surface area contributed by atoms with Crippen molar-refractivity contribution < 1.29 is 24.2 Å². The summed E-state index contributed by atoms with van der Waals surface area (Å²) in [7, 11) is 0. The van der Waals surface area contributed by atoms with E-state index in [-0.39, 0.29) is 18.1 Å². The SMILES string of the molecule is CCCCCNC(=O)C(c1cccc(C)c1O)N(C(=O)C(Cc1ccccc1)NC(=O)OC(C)(C)C)C(C)C. The minimum Gasteiger partial charge on any atom is -0.507 e. The van der Waals surface area contributed by atoms with E-state index in [2.05, 4.69) is 17.6 Å². The molecule has 39 heavy (non-hydrogen) atoms. The van der Waals surface area contributed by atoms with Crippen LogP contribution in [-0.2, 0) is 20.7 Å². The summed E-state index contributed by atoms with van der Waals surface area (Å²) in [5.74, 6) is -0.872. The van der Waals surface area contributed by atoms with Crippen LogP contribution in [0.5, 0.6) is 5.75 Å². The average molecular weight is 540 g/mol. The minimum absolute atomic E-state index is 0.0376. The zero-order valence-electron chi connectivity index (χ0n) is 24.4. The van der Waals surface area contributed by atoms with E-state index in [1.165, 1.54) is 4.90 Å². The molecule has 2 unspecified atom stereocenters. The van der Waals surface area contributed by atoms with Crippen LogP contribution in [0.25, 0.3) is 0 Å². The van der Waals surface area contributed by atoms with Gasteiger partial charge in [-0.2, -0.15) is 0 Å². The van der Waals surface area contributed by atoms with Crippen LogP contribution in [0.1, 0.15) is 83.5 Å². The number of hydrogen-bond donors (Lipinski definition) is 3. The van der Waals surface area contributed by atoms with E-state index in [9.17, 15) is 19.5 Å². The fourth-order valence-electron chi connectivity index (χ4n) is 4.36. The molecule has 0 heterocycles. The fraction of sp³-hybridized carbons (Fsp3) is 0.516. The van der Waals surface area contributed by atoms with Crippen LogP contribution in [0.3, 0.4) is 0 Å². The smallest absolute Gasteiger partial charge is 0.408 e. The Balaban J connectivity index is 2.53. The molecule has 0 aliphatic carbocycles. The first-order chi connectivity index (χ1) is 18.4.